The summed E-state index contributed by atoms with van der Waals surface area (Å²) >= 11 is 5.72. The van der Waals surface area contributed by atoms with E-state index in [1.165, 1.54) is 18.2 Å². The normalized spacial score (nSPS) is 12.0. The summed E-state index contributed by atoms with van der Waals surface area (Å²) in [6.45, 7) is 0. The lowest BCUT2D eigenvalue weighted by molar-refractivity contribution is -0.137. The maximum absolute atomic E-state index is 13.2. The Labute approximate surface area is 144 Å². The molecule has 0 atom stereocenters. The molecule has 0 unspecified atom stereocenters. The smallest absolute Gasteiger partial charge is 0.351 e. The van der Waals surface area contributed by atoms with Gasteiger partial charge in [-0.25, -0.2) is 4.98 Å². The molecule has 126 valence electrons. The highest BCUT2D eigenvalue weighted by atomic mass is 35.5. The van der Waals surface area contributed by atoms with Gasteiger partial charge in [-0.05, 0) is 29.3 Å². The van der Waals surface area contributed by atoms with Crippen molar-refractivity contribution in [2.24, 2.45) is 0 Å². The first-order valence-electron chi connectivity index (χ1n) is 7.21. The lowest BCUT2D eigenvalue weighted by Gasteiger charge is -2.12. The Kier molecular flexibility index (Phi) is 3.54. The lowest BCUT2D eigenvalue weighted by atomic mass is 9.99. The maximum atomic E-state index is 13.2. The number of nitrogens with one attached hydrogen (secondary N) is 1. The molecule has 0 amide bonds. The van der Waals surface area contributed by atoms with Crippen molar-refractivity contribution in [1.29, 1.82) is 0 Å². The molecule has 0 saturated heterocycles. The zero-order valence-corrected chi connectivity index (χ0v) is 13.2. The molecule has 8 heteroatoms. The number of aromatic amines is 1. The van der Waals surface area contributed by atoms with E-state index in [4.69, 9.17) is 16.1 Å². The van der Waals surface area contributed by atoms with Gasteiger partial charge in [-0.15, -0.1) is 0 Å². The molecule has 25 heavy (non-hydrogen) atoms. The van der Waals surface area contributed by atoms with Gasteiger partial charge in [0.05, 0.1) is 16.6 Å². The fourth-order valence-corrected chi connectivity index (χ4v) is 2.77. The first-order valence-corrected chi connectivity index (χ1v) is 7.58. The number of halogens is 4. The SMILES string of the molecule is FC(F)(F)c1ccccc1-c1ccc2nc(-c3cc(Cl)no3)[nH]c2c1. The van der Waals surface area contributed by atoms with Crippen molar-refractivity contribution in [3.8, 4) is 22.7 Å². The van der Waals surface area contributed by atoms with Crippen molar-refractivity contribution in [1.82, 2.24) is 15.1 Å². The van der Waals surface area contributed by atoms with E-state index in [1.807, 2.05) is 0 Å². The van der Waals surface area contributed by atoms with E-state index < -0.39 is 11.7 Å². The van der Waals surface area contributed by atoms with Crippen LogP contribution in [0.25, 0.3) is 33.7 Å². The number of H-pyrrole nitrogens is 1. The molecule has 0 spiro atoms. The topological polar surface area (TPSA) is 54.7 Å². The van der Waals surface area contributed by atoms with Crippen molar-refractivity contribution in [2.45, 2.75) is 6.18 Å². The number of fused-ring (bicyclic) bond motifs is 1. The number of aromatic nitrogens is 3. The molecule has 4 nitrogen and oxygen atoms in total. The van der Waals surface area contributed by atoms with Crippen LogP contribution in [0.3, 0.4) is 0 Å². The van der Waals surface area contributed by atoms with Crippen molar-refractivity contribution < 1.29 is 17.7 Å². The Morgan fingerprint density at radius 3 is 2.56 bits per heavy atom. The van der Waals surface area contributed by atoms with E-state index in [0.717, 1.165) is 6.07 Å². The quantitative estimate of drug-likeness (QED) is 0.507. The summed E-state index contributed by atoms with van der Waals surface area (Å²) in [6, 6.07) is 11.8. The monoisotopic (exact) mass is 363 g/mol. The molecule has 0 bridgehead atoms. The number of benzene rings is 2. The van der Waals surface area contributed by atoms with Gasteiger partial charge in [-0.3, -0.25) is 0 Å². The van der Waals surface area contributed by atoms with E-state index in [1.54, 1.807) is 24.3 Å². The number of hydrogen-bond donors (Lipinski definition) is 1. The van der Waals surface area contributed by atoms with E-state index in [0.29, 0.717) is 28.2 Å². The largest absolute Gasteiger partial charge is 0.417 e. The van der Waals surface area contributed by atoms with Crippen molar-refractivity contribution >= 4 is 22.6 Å². The van der Waals surface area contributed by atoms with Crippen LogP contribution in [-0.4, -0.2) is 15.1 Å². The molecule has 0 fully saturated rings. The van der Waals surface area contributed by atoms with Gasteiger partial charge in [-0.2, -0.15) is 13.2 Å². The fourth-order valence-electron chi connectivity index (χ4n) is 2.64. The minimum absolute atomic E-state index is 0.107. The number of imidazole rings is 1. The minimum atomic E-state index is -4.43. The molecule has 0 saturated carbocycles. The Morgan fingerprint density at radius 2 is 1.84 bits per heavy atom. The van der Waals surface area contributed by atoms with Crippen LogP contribution >= 0.6 is 11.6 Å². The van der Waals surface area contributed by atoms with Crippen molar-refractivity contribution in [3.05, 3.63) is 59.2 Å². The summed E-state index contributed by atoms with van der Waals surface area (Å²) in [6.07, 6.45) is -4.43. The molecule has 0 aliphatic rings. The van der Waals surface area contributed by atoms with Crippen LogP contribution in [-0.2, 0) is 6.18 Å². The van der Waals surface area contributed by atoms with Gasteiger partial charge < -0.3 is 9.51 Å². The summed E-state index contributed by atoms with van der Waals surface area (Å²) in [4.78, 5) is 7.34. The summed E-state index contributed by atoms with van der Waals surface area (Å²) in [5.74, 6) is 0.745. The molecule has 1 N–H and O–H groups in total. The highest BCUT2D eigenvalue weighted by Crippen LogP contribution is 2.37. The standard InChI is InChI=1S/C17H9ClF3N3O/c18-15-8-14(25-24-15)16-22-12-6-5-9(7-13(12)23-16)10-3-1-2-4-11(10)17(19,20)21/h1-8H,(H,22,23). The molecular formula is C17H9ClF3N3O. The molecule has 2 aromatic heterocycles. The highest BCUT2D eigenvalue weighted by molar-refractivity contribution is 6.29. The maximum Gasteiger partial charge on any atom is 0.417 e. The molecule has 4 aromatic rings. The average molecular weight is 364 g/mol. The summed E-state index contributed by atoms with van der Waals surface area (Å²) in [5, 5.41) is 3.76. The van der Waals surface area contributed by atoms with Crippen LogP contribution < -0.4 is 0 Å². The zero-order chi connectivity index (χ0) is 17.6. The fraction of sp³-hybridized carbons (Fsp3) is 0.0588. The van der Waals surface area contributed by atoms with E-state index in [2.05, 4.69) is 15.1 Å². The lowest BCUT2D eigenvalue weighted by Crippen LogP contribution is -2.06. The van der Waals surface area contributed by atoms with Gasteiger partial charge in [-0.1, -0.05) is 41.0 Å². The third kappa shape index (κ3) is 2.87. The van der Waals surface area contributed by atoms with Crippen LogP contribution in [0.5, 0.6) is 0 Å². The molecule has 2 heterocycles. The van der Waals surface area contributed by atoms with Gasteiger partial charge in [0.25, 0.3) is 0 Å². The Balaban J connectivity index is 1.83. The minimum Gasteiger partial charge on any atom is -0.351 e. The van der Waals surface area contributed by atoms with Crippen LogP contribution in [0.2, 0.25) is 5.15 Å². The van der Waals surface area contributed by atoms with Gasteiger partial charge in [0.2, 0.25) is 5.76 Å². The second kappa shape index (κ2) is 5.63. The molecule has 0 radical (unpaired) electrons. The number of alkyl halides is 3. The van der Waals surface area contributed by atoms with E-state index >= 15 is 0 Å². The van der Waals surface area contributed by atoms with Gasteiger partial charge >= 0.3 is 6.18 Å². The van der Waals surface area contributed by atoms with Crippen LogP contribution in [0.15, 0.2) is 53.1 Å². The van der Waals surface area contributed by atoms with E-state index in [-0.39, 0.29) is 10.7 Å². The van der Waals surface area contributed by atoms with Crippen LogP contribution in [0.4, 0.5) is 13.2 Å². The molecular weight excluding hydrogens is 355 g/mol. The van der Waals surface area contributed by atoms with Crippen LogP contribution in [0.1, 0.15) is 5.56 Å². The second-order valence-electron chi connectivity index (χ2n) is 5.37. The van der Waals surface area contributed by atoms with Gasteiger partial charge in [0.1, 0.15) is 0 Å². The van der Waals surface area contributed by atoms with Gasteiger partial charge in [0, 0.05) is 6.07 Å². The summed E-state index contributed by atoms with van der Waals surface area (Å²) in [7, 11) is 0. The summed E-state index contributed by atoms with van der Waals surface area (Å²) in [5.41, 5.74) is 1.03. The Hall–Kier alpha value is -2.80. The molecule has 2 aromatic carbocycles. The van der Waals surface area contributed by atoms with E-state index in [9.17, 15) is 13.2 Å². The van der Waals surface area contributed by atoms with Crippen molar-refractivity contribution in [2.75, 3.05) is 0 Å². The molecule has 4 rings (SSSR count). The molecule has 0 aliphatic heterocycles. The first kappa shape index (κ1) is 15.7. The number of nitrogens with zero attached hydrogens (tertiary/aromatic N) is 2. The first-order chi connectivity index (χ1) is 11.9. The molecule has 0 aliphatic carbocycles. The Bertz CT molecular complexity index is 1070. The highest BCUT2D eigenvalue weighted by Gasteiger charge is 2.33. The Morgan fingerprint density at radius 1 is 1.04 bits per heavy atom. The number of rotatable bonds is 2. The predicted molar refractivity (Wildman–Crippen MR) is 87.0 cm³/mol. The third-order valence-electron chi connectivity index (χ3n) is 3.74. The predicted octanol–water partition coefficient (Wildman–Crippen LogP) is 5.56. The van der Waals surface area contributed by atoms with Crippen LogP contribution in [0, 0.1) is 0 Å². The zero-order valence-electron chi connectivity index (χ0n) is 12.4. The van der Waals surface area contributed by atoms with Crippen molar-refractivity contribution in [3.63, 3.8) is 0 Å². The second-order valence-corrected chi connectivity index (χ2v) is 5.76. The van der Waals surface area contributed by atoms with Gasteiger partial charge in [0.15, 0.2) is 11.0 Å². The summed E-state index contributed by atoms with van der Waals surface area (Å²) < 4.78 is 44.7. The number of hydrogen-bond acceptors (Lipinski definition) is 3. The average Bonchev–Trinajstić information content (AvgIpc) is 3.19. The third-order valence-corrected chi connectivity index (χ3v) is 3.92.